The molecule has 1 unspecified atom stereocenters. The summed E-state index contributed by atoms with van der Waals surface area (Å²) in [4.78, 5) is 11.2. The molecule has 0 aliphatic carbocycles. The van der Waals surface area contributed by atoms with Crippen LogP contribution in [-0.2, 0) is 0 Å². The molecule has 2 aromatic rings. The van der Waals surface area contributed by atoms with Gasteiger partial charge in [-0.2, -0.15) is 0 Å². The van der Waals surface area contributed by atoms with Gasteiger partial charge in [0.2, 0.25) is 0 Å². The number of rotatable bonds is 5. The molecule has 0 heterocycles. The summed E-state index contributed by atoms with van der Waals surface area (Å²) < 4.78 is 5.72. The van der Waals surface area contributed by atoms with E-state index >= 15 is 0 Å². The Hall–Kier alpha value is -2.13. The minimum atomic E-state index is -0.427. The molecule has 19 heavy (non-hydrogen) atoms. The van der Waals surface area contributed by atoms with Gasteiger partial charge in [0, 0.05) is 5.56 Å². The van der Waals surface area contributed by atoms with Crippen molar-refractivity contribution in [2.75, 3.05) is 6.61 Å². The van der Waals surface area contributed by atoms with Crippen LogP contribution in [0.1, 0.15) is 28.9 Å². The Morgan fingerprint density at radius 2 is 1.74 bits per heavy atom. The molecule has 0 radical (unpaired) electrons. The van der Waals surface area contributed by atoms with E-state index in [1.54, 1.807) is 24.3 Å². The predicted octanol–water partition coefficient (Wildman–Crippen LogP) is 3.00. The summed E-state index contributed by atoms with van der Waals surface area (Å²) in [6.45, 7) is 1.41. The lowest BCUT2D eigenvalue weighted by Crippen LogP contribution is -2.12. The number of benzene rings is 2. The van der Waals surface area contributed by atoms with Gasteiger partial charge in [-0.05, 0) is 24.6 Å². The van der Waals surface area contributed by atoms with Crippen LogP contribution in [0.15, 0.2) is 54.6 Å². The highest BCUT2D eigenvalue weighted by Crippen LogP contribution is 2.21. The van der Waals surface area contributed by atoms with Gasteiger partial charge in [0.05, 0.1) is 6.61 Å². The summed E-state index contributed by atoms with van der Waals surface area (Å²) in [5.74, 6) is 0.730. The zero-order valence-corrected chi connectivity index (χ0v) is 10.7. The maximum Gasteiger partial charge on any atom is 0.159 e. The van der Waals surface area contributed by atoms with Crippen molar-refractivity contribution in [1.82, 2.24) is 0 Å². The van der Waals surface area contributed by atoms with Crippen LogP contribution in [0.2, 0.25) is 0 Å². The van der Waals surface area contributed by atoms with Crippen LogP contribution >= 0.6 is 0 Å². The molecule has 2 aromatic carbocycles. The van der Waals surface area contributed by atoms with Gasteiger partial charge < -0.3 is 9.84 Å². The zero-order valence-electron chi connectivity index (χ0n) is 10.7. The van der Waals surface area contributed by atoms with Gasteiger partial charge >= 0.3 is 0 Å². The molecule has 0 amide bonds. The van der Waals surface area contributed by atoms with Crippen molar-refractivity contribution in [2.45, 2.75) is 13.0 Å². The van der Waals surface area contributed by atoms with Gasteiger partial charge in [0.25, 0.3) is 0 Å². The molecule has 0 bridgehead atoms. The quantitative estimate of drug-likeness (QED) is 0.836. The van der Waals surface area contributed by atoms with Crippen molar-refractivity contribution in [2.24, 2.45) is 0 Å². The summed E-state index contributed by atoms with van der Waals surface area (Å²) in [6.07, 6.45) is -0.427. The lowest BCUT2D eigenvalue weighted by Gasteiger charge is -2.17. The fraction of sp³-hybridized carbons (Fsp3) is 0.188. The first-order valence-electron chi connectivity index (χ1n) is 6.14. The van der Waals surface area contributed by atoms with Crippen molar-refractivity contribution in [1.29, 1.82) is 0 Å². The van der Waals surface area contributed by atoms with Gasteiger partial charge in [-0.1, -0.05) is 42.5 Å². The van der Waals surface area contributed by atoms with Crippen LogP contribution in [0.3, 0.4) is 0 Å². The Balaban J connectivity index is 2.15. The minimum Gasteiger partial charge on any atom is -0.483 e. The van der Waals surface area contributed by atoms with E-state index in [-0.39, 0.29) is 12.4 Å². The van der Waals surface area contributed by atoms with Crippen LogP contribution in [-0.4, -0.2) is 17.5 Å². The monoisotopic (exact) mass is 256 g/mol. The fourth-order valence-corrected chi connectivity index (χ4v) is 1.81. The molecular weight excluding hydrogens is 240 g/mol. The molecule has 1 atom stereocenters. The number of aliphatic hydroxyl groups is 1. The van der Waals surface area contributed by atoms with Gasteiger partial charge in [0.1, 0.15) is 11.9 Å². The van der Waals surface area contributed by atoms with Crippen LogP contribution in [0, 0.1) is 0 Å². The van der Waals surface area contributed by atoms with Gasteiger partial charge in [-0.25, -0.2) is 0 Å². The molecular formula is C16H16O3. The van der Waals surface area contributed by atoms with Gasteiger partial charge in [-0.3, -0.25) is 4.79 Å². The first-order chi connectivity index (χ1) is 9.20. The number of carbonyl (C=O) groups excluding carboxylic acids is 1. The van der Waals surface area contributed by atoms with E-state index in [4.69, 9.17) is 4.74 Å². The fourth-order valence-electron chi connectivity index (χ4n) is 1.81. The van der Waals surface area contributed by atoms with Crippen LogP contribution in [0.4, 0.5) is 0 Å². The third-order valence-electron chi connectivity index (χ3n) is 2.88. The van der Waals surface area contributed by atoms with Gasteiger partial charge in [-0.15, -0.1) is 0 Å². The molecule has 0 aliphatic heterocycles. The molecule has 0 saturated heterocycles. The van der Waals surface area contributed by atoms with Crippen LogP contribution in [0.25, 0.3) is 0 Å². The Kier molecular flexibility index (Phi) is 4.31. The molecule has 3 heteroatoms. The topological polar surface area (TPSA) is 46.5 Å². The van der Waals surface area contributed by atoms with E-state index in [1.165, 1.54) is 6.92 Å². The first-order valence-corrected chi connectivity index (χ1v) is 6.14. The van der Waals surface area contributed by atoms with Crippen molar-refractivity contribution in [3.05, 3.63) is 65.7 Å². The second-order valence-corrected chi connectivity index (χ2v) is 4.28. The van der Waals surface area contributed by atoms with E-state index in [9.17, 15) is 9.90 Å². The van der Waals surface area contributed by atoms with Crippen molar-refractivity contribution in [3.8, 4) is 5.75 Å². The molecule has 0 spiro atoms. The van der Waals surface area contributed by atoms with E-state index in [2.05, 4.69) is 0 Å². The molecule has 3 nitrogen and oxygen atoms in total. The molecule has 2 rings (SSSR count). The molecule has 98 valence electrons. The Morgan fingerprint density at radius 1 is 1.11 bits per heavy atom. The second-order valence-electron chi connectivity index (χ2n) is 4.28. The van der Waals surface area contributed by atoms with E-state index in [1.807, 2.05) is 30.3 Å². The molecule has 0 aromatic heterocycles. The normalized spacial score (nSPS) is 11.9. The zero-order chi connectivity index (χ0) is 13.7. The molecule has 0 fully saturated rings. The van der Waals surface area contributed by atoms with Crippen LogP contribution in [0.5, 0.6) is 5.75 Å². The molecule has 0 saturated carbocycles. The van der Waals surface area contributed by atoms with Gasteiger partial charge in [0.15, 0.2) is 5.78 Å². The largest absolute Gasteiger partial charge is 0.483 e. The highest BCUT2D eigenvalue weighted by Gasteiger charge is 2.12. The maximum absolute atomic E-state index is 11.2. The average Bonchev–Trinajstić information content (AvgIpc) is 2.46. The second kappa shape index (κ2) is 6.16. The third kappa shape index (κ3) is 3.42. The Labute approximate surface area is 112 Å². The number of aliphatic hydroxyl groups excluding tert-OH is 1. The number of para-hydroxylation sites is 1. The van der Waals surface area contributed by atoms with Crippen molar-refractivity contribution >= 4 is 5.78 Å². The molecule has 1 N–H and O–H groups in total. The lowest BCUT2D eigenvalue weighted by atomic mass is 10.1. The summed E-state index contributed by atoms with van der Waals surface area (Å²) >= 11 is 0. The SMILES string of the molecule is CC(=O)c1ccc(C(CO)Oc2ccccc2)cc1. The number of ketones is 1. The highest BCUT2D eigenvalue weighted by molar-refractivity contribution is 5.94. The summed E-state index contributed by atoms with van der Waals surface area (Å²) in [5.41, 5.74) is 1.50. The predicted molar refractivity (Wildman–Crippen MR) is 73.3 cm³/mol. The number of ether oxygens (including phenoxy) is 1. The van der Waals surface area contributed by atoms with E-state index < -0.39 is 6.10 Å². The number of hydrogen-bond acceptors (Lipinski definition) is 3. The van der Waals surface area contributed by atoms with Crippen molar-refractivity contribution < 1.29 is 14.6 Å². The maximum atomic E-state index is 11.2. The summed E-state index contributed by atoms with van der Waals surface area (Å²) in [7, 11) is 0. The number of hydrogen-bond donors (Lipinski definition) is 1. The smallest absolute Gasteiger partial charge is 0.159 e. The highest BCUT2D eigenvalue weighted by atomic mass is 16.5. The minimum absolute atomic E-state index is 0.0241. The summed E-state index contributed by atoms with van der Waals surface area (Å²) in [5, 5.41) is 9.43. The molecule has 0 aliphatic rings. The standard InChI is InChI=1S/C16H16O3/c1-12(18)13-7-9-14(10-8-13)16(11-17)19-15-5-3-2-4-6-15/h2-10,16-17H,11H2,1H3. The van der Waals surface area contributed by atoms with Crippen LogP contribution < -0.4 is 4.74 Å². The number of Topliss-reactive ketones (excluding diaryl/α,β-unsaturated/α-hetero) is 1. The number of carbonyl (C=O) groups is 1. The first kappa shape index (κ1) is 13.3. The average molecular weight is 256 g/mol. The third-order valence-corrected chi connectivity index (χ3v) is 2.88. The Morgan fingerprint density at radius 3 is 2.26 bits per heavy atom. The van der Waals surface area contributed by atoms with E-state index in [0.717, 1.165) is 5.56 Å². The Bertz CT molecular complexity index is 532. The van der Waals surface area contributed by atoms with Crippen molar-refractivity contribution in [3.63, 3.8) is 0 Å². The lowest BCUT2D eigenvalue weighted by molar-refractivity contribution is 0.101. The summed E-state index contributed by atoms with van der Waals surface area (Å²) in [6, 6.07) is 16.4. The van der Waals surface area contributed by atoms with E-state index in [0.29, 0.717) is 11.3 Å².